The van der Waals surface area contributed by atoms with Gasteiger partial charge in [0.05, 0.1) is 10.7 Å². The van der Waals surface area contributed by atoms with E-state index in [0.717, 1.165) is 18.8 Å². The summed E-state index contributed by atoms with van der Waals surface area (Å²) in [6.07, 6.45) is 3.95. The van der Waals surface area contributed by atoms with Crippen LogP contribution < -0.4 is 5.32 Å². The second-order valence-corrected chi connectivity index (χ2v) is 5.04. The molecule has 0 radical (unpaired) electrons. The summed E-state index contributed by atoms with van der Waals surface area (Å²) in [5.41, 5.74) is 2.42. The predicted molar refractivity (Wildman–Crippen MR) is 67.5 cm³/mol. The Morgan fingerprint density at radius 1 is 1.44 bits per heavy atom. The van der Waals surface area contributed by atoms with Crippen molar-refractivity contribution in [1.29, 1.82) is 0 Å². The smallest absolute Gasteiger partial charge is 0.0954 e. The van der Waals surface area contributed by atoms with Crippen LogP contribution in [-0.4, -0.2) is 9.97 Å². The number of nitrogens with one attached hydrogen (secondary N) is 2. The Hall–Kier alpha value is -1.13. The Balaban J connectivity index is 1.81. The molecule has 2 heterocycles. The summed E-state index contributed by atoms with van der Waals surface area (Å²) in [6.45, 7) is 6.08. The molecule has 0 saturated heterocycles. The van der Waals surface area contributed by atoms with Crippen molar-refractivity contribution in [3.63, 3.8) is 0 Å². The summed E-state index contributed by atoms with van der Waals surface area (Å²) in [4.78, 5) is 7.62. The molecule has 0 spiro atoms. The second kappa shape index (κ2) is 5.27. The van der Waals surface area contributed by atoms with Gasteiger partial charge in [0.1, 0.15) is 0 Å². The molecule has 2 aromatic heterocycles. The molecule has 0 fully saturated rings. The fraction of sp³-hybridized carbons (Fsp3) is 0.417. The fourth-order valence-corrected chi connectivity index (χ4v) is 2.31. The summed E-state index contributed by atoms with van der Waals surface area (Å²) in [7, 11) is 0. The standard InChI is InChI=1S/C12H17N3S/c1-9(2)12-15-11(8-16-12)7-14-6-10-3-4-13-5-10/h3-5,8-9,13-14H,6-7H2,1-2H3. The van der Waals surface area contributed by atoms with Crippen molar-refractivity contribution in [2.45, 2.75) is 32.9 Å². The third-order valence-corrected chi connectivity index (χ3v) is 3.56. The molecule has 0 bridgehead atoms. The minimum absolute atomic E-state index is 0.531. The van der Waals surface area contributed by atoms with Gasteiger partial charge in [0.15, 0.2) is 0 Å². The minimum atomic E-state index is 0.531. The van der Waals surface area contributed by atoms with Crippen LogP contribution in [0.15, 0.2) is 23.8 Å². The first kappa shape index (κ1) is 11.4. The molecular weight excluding hydrogens is 218 g/mol. The summed E-state index contributed by atoms with van der Waals surface area (Å²) in [6, 6.07) is 2.08. The van der Waals surface area contributed by atoms with E-state index in [4.69, 9.17) is 0 Å². The molecule has 4 heteroatoms. The van der Waals surface area contributed by atoms with Gasteiger partial charge in [-0.25, -0.2) is 4.98 Å². The first-order valence-electron chi connectivity index (χ1n) is 5.52. The van der Waals surface area contributed by atoms with Gasteiger partial charge in [0.2, 0.25) is 0 Å². The molecule has 0 atom stereocenters. The molecule has 0 aliphatic heterocycles. The van der Waals surface area contributed by atoms with Crippen LogP contribution in [0.4, 0.5) is 0 Å². The van der Waals surface area contributed by atoms with Crippen LogP contribution in [-0.2, 0) is 13.1 Å². The van der Waals surface area contributed by atoms with Gasteiger partial charge >= 0.3 is 0 Å². The van der Waals surface area contributed by atoms with Gasteiger partial charge in [-0.2, -0.15) is 0 Å². The monoisotopic (exact) mass is 235 g/mol. The molecule has 3 nitrogen and oxygen atoms in total. The molecule has 0 aliphatic carbocycles. The van der Waals surface area contributed by atoms with Gasteiger partial charge in [0, 0.05) is 36.8 Å². The Bertz CT molecular complexity index is 417. The Morgan fingerprint density at radius 3 is 2.94 bits per heavy atom. The second-order valence-electron chi connectivity index (χ2n) is 4.15. The van der Waals surface area contributed by atoms with E-state index in [1.165, 1.54) is 10.6 Å². The first-order chi connectivity index (χ1) is 7.75. The van der Waals surface area contributed by atoms with E-state index in [1.807, 2.05) is 12.4 Å². The van der Waals surface area contributed by atoms with Gasteiger partial charge < -0.3 is 10.3 Å². The number of nitrogens with zero attached hydrogens (tertiary/aromatic N) is 1. The van der Waals surface area contributed by atoms with Crippen LogP contribution >= 0.6 is 11.3 Å². The lowest BCUT2D eigenvalue weighted by molar-refractivity contribution is 0.678. The number of aromatic nitrogens is 2. The molecule has 0 saturated carbocycles. The molecule has 0 unspecified atom stereocenters. The number of H-pyrrole nitrogens is 1. The maximum Gasteiger partial charge on any atom is 0.0954 e. The zero-order valence-electron chi connectivity index (χ0n) is 9.66. The van der Waals surface area contributed by atoms with E-state index in [1.54, 1.807) is 11.3 Å². The number of hydrogen-bond donors (Lipinski definition) is 2. The lowest BCUT2D eigenvalue weighted by atomic mass is 10.2. The Morgan fingerprint density at radius 2 is 2.31 bits per heavy atom. The van der Waals surface area contributed by atoms with Crippen molar-refractivity contribution in [2.75, 3.05) is 0 Å². The van der Waals surface area contributed by atoms with Crippen molar-refractivity contribution < 1.29 is 0 Å². The van der Waals surface area contributed by atoms with E-state index in [9.17, 15) is 0 Å². The molecule has 2 aromatic rings. The third-order valence-electron chi connectivity index (χ3n) is 2.36. The highest BCUT2D eigenvalue weighted by Crippen LogP contribution is 2.18. The van der Waals surface area contributed by atoms with E-state index in [0.29, 0.717) is 5.92 Å². The van der Waals surface area contributed by atoms with E-state index < -0.39 is 0 Å². The SMILES string of the molecule is CC(C)c1nc(CNCc2cc[nH]c2)cs1. The topological polar surface area (TPSA) is 40.7 Å². The van der Waals surface area contributed by atoms with Crippen LogP contribution in [0.5, 0.6) is 0 Å². The zero-order valence-corrected chi connectivity index (χ0v) is 10.5. The number of rotatable bonds is 5. The van der Waals surface area contributed by atoms with Gasteiger partial charge in [-0.3, -0.25) is 0 Å². The number of thiazole rings is 1. The Labute approximate surface area is 99.9 Å². The quantitative estimate of drug-likeness (QED) is 0.836. The number of hydrogen-bond acceptors (Lipinski definition) is 3. The zero-order chi connectivity index (χ0) is 11.4. The fourth-order valence-electron chi connectivity index (χ4n) is 1.47. The molecule has 16 heavy (non-hydrogen) atoms. The van der Waals surface area contributed by atoms with Gasteiger partial charge in [-0.15, -0.1) is 11.3 Å². The largest absolute Gasteiger partial charge is 0.367 e. The van der Waals surface area contributed by atoms with Crippen molar-refractivity contribution in [3.05, 3.63) is 40.1 Å². The molecule has 86 valence electrons. The average molecular weight is 235 g/mol. The number of aromatic amines is 1. The van der Waals surface area contributed by atoms with Crippen LogP contribution in [0.25, 0.3) is 0 Å². The molecular formula is C12H17N3S. The van der Waals surface area contributed by atoms with Crippen LogP contribution in [0, 0.1) is 0 Å². The lowest BCUT2D eigenvalue weighted by Crippen LogP contribution is -2.12. The highest BCUT2D eigenvalue weighted by Gasteiger charge is 2.05. The van der Waals surface area contributed by atoms with E-state index in [-0.39, 0.29) is 0 Å². The van der Waals surface area contributed by atoms with E-state index >= 15 is 0 Å². The van der Waals surface area contributed by atoms with Crippen molar-refractivity contribution in [3.8, 4) is 0 Å². The van der Waals surface area contributed by atoms with Crippen LogP contribution in [0.3, 0.4) is 0 Å². The summed E-state index contributed by atoms with van der Waals surface area (Å²) in [5.74, 6) is 0.531. The van der Waals surface area contributed by atoms with E-state index in [2.05, 4.69) is 40.6 Å². The van der Waals surface area contributed by atoms with Gasteiger partial charge in [-0.05, 0) is 11.6 Å². The highest BCUT2D eigenvalue weighted by atomic mass is 32.1. The normalized spacial score (nSPS) is 11.2. The molecule has 2 rings (SSSR count). The van der Waals surface area contributed by atoms with Crippen molar-refractivity contribution >= 4 is 11.3 Å². The molecule has 0 aliphatic rings. The molecule has 0 aromatic carbocycles. The molecule has 2 N–H and O–H groups in total. The average Bonchev–Trinajstić information content (AvgIpc) is 2.87. The van der Waals surface area contributed by atoms with Crippen molar-refractivity contribution in [1.82, 2.24) is 15.3 Å². The third kappa shape index (κ3) is 2.93. The minimum Gasteiger partial charge on any atom is -0.367 e. The van der Waals surface area contributed by atoms with Crippen LogP contribution in [0.2, 0.25) is 0 Å². The Kier molecular flexibility index (Phi) is 3.74. The first-order valence-corrected chi connectivity index (χ1v) is 6.40. The van der Waals surface area contributed by atoms with Gasteiger partial charge in [0.25, 0.3) is 0 Å². The molecule has 0 amide bonds. The summed E-state index contributed by atoms with van der Waals surface area (Å²) in [5, 5.41) is 6.74. The summed E-state index contributed by atoms with van der Waals surface area (Å²) < 4.78 is 0. The lowest BCUT2D eigenvalue weighted by Gasteiger charge is -2.00. The summed E-state index contributed by atoms with van der Waals surface area (Å²) >= 11 is 1.75. The maximum absolute atomic E-state index is 4.58. The van der Waals surface area contributed by atoms with Gasteiger partial charge in [-0.1, -0.05) is 13.8 Å². The predicted octanol–water partition coefficient (Wildman–Crippen LogP) is 2.88. The van der Waals surface area contributed by atoms with Crippen molar-refractivity contribution in [2.24, 2.45) is 0 Å². The maximum atomic E-state index is 4.58. The highest BCUT2D eigenvalue weighted by molar-refractivity contribution is 7.09. The van der Waals surface area contributed by atoms with Crippen LogP contribution in [0.1, 0.15) is 36.0 Å².